The van der Waals surface area contributed by atoms with E-state index in [-0.39, 0.29) is 29.5 Å². The average molecular weight is 396 g/mol. The summed E-state index contributed by atoms with van der Waals surface area (Å²) in [6, 6.07) is 14.7. The molecule has 1 saturated heterocycles. The molecule has 4 rings (SSSR count). The van der Waals surface area contributed by atoms with Crippen LogP contribution in [0.25, 0.3) is 0 Å². The molecule has 29 heavy (non-hydrogen) atoms. The molecule has 1 aliphatic carbocycles. The van der Waals surface area contributed by atoms with Crippen molar-refractivity contribution in [1.82, 2.24) is 10.2 Å². The summed E-state index contributed by atoms with van der Waals surface area (Å²) in [7, 11) is 0. The summed E-state index contributed by atoms with van der Waals surface area (Å²) in [5.41, 5.74) is 1.54. The summed E-state index contributed by atoms with van der Waals surface area (Å²) in [5.74, 6) is -0.779. The zero-order valence-corrected chi connectivity index (χ0v) is 16.2. The second-order valence-electron chi connectivity index (χ2n) is 7.66. The predicted molar refractivity (Wildman–Crippen MR) is 107 cm³/mol. The number of benzene rings is 2. The van der Waals surface area contributed by atoms with Crippen LogP contribution in [0.1, 0.15) is 35.9 Å². The van der Waals surface area contributed by atoms with Crippen molar-refractivity contribution in [1.29, 1.82) is 0 Å². The van der Waals surface area contributed by atoms with E-state index in [4.69, 9.17) is 4.74 Å². The van der Waals surface area contributed by atoms with Gasteiger partial charge in [0, 0.05) is 13.1 Å². The van der Waals surface area contributed by atoms with E-state index < -0.39 is 6.04 Å². The number of nitrogens with one attached hydrogen (secondary N) is 1. The highest BCUT2D eigenvalue weighted by molar-refractivity contribution is 5.91. The Morgan fingerprint density at radius 3 is 2.24 bits per heavy atom. The molecule has 1 heterocycles. The first-order valence-corrected chi connectivity index (χ1v) is 10.1. The summed E-state index contributed by atoms with van der Waals surface area (Å²) in [6.07, 6.45) is 1.92. The Kier molecular flexibility index (Phi) is 5.90. The number of halogens is 1. The van der Waals surface area contributed by atoms with Gasteiger partial charge in [-0.2, -0.15) is 0 Å². The lowest BCUT2D eigenvalue weighted by molar-refractivity contribution is -0.140. The lowest BCUT2D eigenvalue weighted by Crippen LogP contribution is -2.48. The van der Waals surface area contributed by atoms with Crippen LogP contribution in [0.4, 0.5) is 4.39 Å². The van der Waals surface area contributed by atoms with E-state index in [1.165, 1.54) is 12.1 Å². The smallest absolute Gasteiger partial charge is 0.249 e. The Morgan fingerprint density at radius 2 is 1.62 bits per heavy atom. The van der Waals surface area contributed by atoms with Crippen LogP contribution < -0.4 is 5.32 Å². The molecular weight excluding hydrogens is 371 g/mol. The molecule has 6 heteroatoms. The summed E-state index contributed by atoms with van der Waals surface area (Å²) in [5, 5.41) is 3.00. The van der Waals surface area contributed by atoms with Crippen LogP contribution in [0.5, 0.6) is 0 Å². The maximum absolute atomic E-state index is 13.4. The van der Waals surface area contributed by atoms with E-state index in [1.807, 2.05) is 30.3 Å². The van der Waals surface area contributed by atoms with Crippen molar-refractivity contribution in [2.24, 2.45) is 5.92 Å². The van der Waals surface area contributed by atoms with Gasteiger partial charge in [0.25, 0.3) is 0 Å². The molecule has 2 atom stereocenters. The van der Waals surface area contributed by atoms with Crippen LogP contribution in [0.2, 0.25) is 0 Å². The van der Waals surface area contributed by atoms with Gasteiger partial charge in [0.2, 0.25) is 11.8 Å². The quantitative estimate of drug-likeness (QED) is 0.817. The molecule has 0 aromatic heterocycles. The number of amides is 2. The number of carbonyl (C=O) groups is 2. The molecule has 5 nitrogen and oxygen atoms in total. The average Bonchev–Trinajstić information content (AvgIpc) is 3.59. The molecule has 2 amide bonds. The van der Waals surface area contributed by atoms with Crippen molar-refractivity contribution in [2.75, 3.05) is 26.3 Å². The molecular formula is C23H25FN2O3. The number of hydrogen-bond donors (Lipinski definition) is 1. The van der Waals surface area contributed by atoms with E-state index in [9.17, 15) is 14.0 Å². The minimum absolute atomic E-state index is 0.124. The van der Waals surface area contributed by atoms with Crippen LogP contribution in [-0.4, -0.2) is 43.0 Å². The van der Waals surface area contributed by atoms with Crippen LogP contribution >= 0.6 is 0 Å². The summed E-state index contributed by atoms with van der Waals surface area (Å²) in [6.45, 7) is 2.03. The van der Waals surface area contributed by atoms with Crippen LogP contribution in [0.3, 0.4) is 0 Å². The summed E-state index contributed by atoms with van der Waals surface area (Å²) in [4.78, 5) is 28.3. The molecule has 152 valence electrons. The minimum Gasteiger partial charge on any atom is -0.378 e. The lowest BCUT2D eigenvalue weighted by atomic mass is 9.92. The Bertz CT molecular complexity index is 846. The van der Waals surface area contributed by atoms with Crippen molar-refractivity contribution in [3.05, 3.63) is 71.5 Å². The first kappa shape index (κ1) is 19.6. The molecule has 0 bridgehead atoms. The third-order valence-electron chi connectivity index (χ3n) is 5.59. The number of hydrogen-bond acceptors (Lipinski definition) is 3. The Balaban J connectivity index is 1.58. The molecule has 2 fully saturated rings. The number of carbonyl (C=O) groups excluding carboxylic acids is 2. The number of nitrogens with zero attached hydrogens (tertiary/aromatic N) is 1. The summed E-state index contributed by atoms with van der Waals surface area (Å²) < 4.78 is 18.7. The van der Waals surface area contributed by atoms with Crippen molar-refractivity contribution in [3.8, 4) is 0 Å². The molecule has 1 aliphatic heterocycles. The molecule has 1 unspecified atom stereocenters. The standard InChI is InChI=1S/C23H25FN2O3/c24-19-10-8-17(9-11-19)20(16-6-7-16)22(27)25-21(18-4-2-1-3-5-18)23(28)26-12-14-29-15-13-26/h1-5,8-11,16,20-21H,6-7,12-15H2,(H,25,27)/t20?,21-/m0/s1. The van der Waals surface area contributed by atoms with Crippen LogP contribution in [-0.2, 0) is 14.3 Å². The van der Waals surface area contributed by atoms with Gasteiger partial charge in [-0.15, -0.1) is 0 Å². The monoisotopic (exact) mass is 396 g/mol. The maximum Gasteiger partial charge on any atom is 0.249 e. The van der Waals surface area contributed by atoms with Gasteiger partial charge in [-0.1, -0.05) is 42.5 Å². The van der Waals surface area contributed by atoms with Gasteiger partial charge in [0.1, 0.15) is 11.9 Å². The van der Waals surface area contributed by atoms with Crippen LogP contribution in [0, 0.1) is 11.7 Å². The Morgan fingerprint density at radius 1 is 0.966 bits per heavy atom. The zero-order chi connectivity index (χ0) is 20.2. The second kappa shape index (κ2) is 8.74. The maximum atomic E-state index is 13.4. The van der Waals surface area contributed by atoms with E-state index in [1.54, 1.807) is 17.0 Å². The molecule has 2 aromatic rings. The largest absolute Gasteiger partial charge is 0.378 e. The first-order valence-electron chi connectivity index (χ1n) is 10.1. The Labute approximate surface area is 169 Å². The number of morpholine rings is 1. The van der Waals surface area contributed by atoms with Crippen molar-refractivity contribution in [2.45, 2.75) is 24.8 Å². The highest BCUT2D eigenvalue weighted by atomic mass is 19.1. The van der Waals surface area contributed by atoms with Gasteiger partial charge in [-0.25, -0.2) is 4.39 Å². The molecule has 0 radical (unpaired) electrons. The van der Waals surface area contributed by atoms with Gasteiger partial charge in [-0.3, -0.25) is 9.59 Å². The van der Waals surface area contributed by atoms with Crippen molar-refractivity contribution >= 4 is 11.8 Å². The molecule has 1 N–H and O–H groups in total. The third-order valence-corrected chi connectivity index (χ3v) is 5.59. The van der Waals surface area contributed by atoms with Gasteiger partial charge in [0.15, 0.2) is 0 Å². The Hall–Kier alpha value is -2.73. The van der Waals surface area contributed by atoms with Crippen LogP contribution in [0.15, 0.2) is 54.6 Å². The van der Waals surface area contributed by atoms with Gasteiger partial charge in [-0.05, 0) is 42.0 Å². The molecule has 2 aliphatic rings. The highest BCUT2D eigenvalue weighted by Crippen LogP contribution is 2.43. The fourth-order valence-electron chi connectivity index (χ4n) is 3.87. The SMILES string of the molecule is O=C(N[C@H](C(=O)N1CCOCC1)c1ccccc1)C(c1ccc(F)cc1)C1CC1. The van der Waals surface area contributed by atoms with E-state index in [0.717, 1.165) is 24.0 Å². The molecule has 0 spiro atoms. The lowest BCUT2D eigenvalue weighted by Gasteiger charge is -2.31. The minimum atomic E-state index is -0.747. The fraction of sp³-hybridized carbons (Fsp3) is 0.391. The van der Waals surface area contributed by atoms with E-state index in [0.29, 0.717) is 26.3 Å². The highest BCUT2D eigenvalue weighted by Gasteiger charge is 2.39. The number of rotatable bonds is 6. The predicted octanol–water partition coefficient (Wildman–Crippen LogP) is 3.04. The second-order valence-corrected chi connectivity index (χ2v) is 7.66. The summed E-state index contributed by atoms with van der Waals surface area (Å²) >= 11 is 0. The molecule has 1 saturated carbocycles. The van der Waals surface area contributed by atoms with Gasteiger partial charge < -0.3 is 15.0 Å². The topological polar surface area (TPSA) is 58.6 Å². The van der Waals surface area contributed by atoms with Gasteiger partial charge in [0.05, 0.1) is 19.1 Å². The van der Waals surface area contributed by atoms with E-state index in [2.05, 4.69) is 5.32 Å². The number of ether oxygens (including phenoxy) is 1. The third kappa shape index (κ3) is 4.65. The van der Waals surface area contributed by atoms with Gasteiger partial charge >= 0.3 is 0 Å². The zero-order valence-electron chi connectivity index (χ0n) is 16.2. The fourth-order valence-corrected chi connectivity index (χ4v) is 3.87. The van der Waals surface area contributed by atoms with Crippen molar-refractivity contribution < 1.29 is 18.7 Å². The molecule has 2 aromatic carbocycles. The normalized spacial score (nSPS) is 18.7. The van der Waals surface area contributed by atoms with Crippen molar-refractivity contribution in [3.63, 3.8) is 0 Å². The van der Waals surface area contributed by atoms with E-state index >= 15 is 0 Å². The first-order chi connectivity index (χ1) is 14.1.